The Hall–Kier alpha value is -2.12. The quantitative estimate of drug-likeness (QED) is 0.864. The lowest BCUT2D eigenvalue weighted by Crippen LogP contribution is -2.37. The SMILES string of the molecule is FC(F)(F)c1[nH]nc2c1CC1(C/C2=C\c2ccccc2)OCCO1. The number of fused-ring (bicyclic) bond motifs is 1. The Morgan fingerprint density at radius 3 is 2.46 bits per heavy atom. The van der Waals surface area contributed by atoms with E-state index < -0.39 is 17.7 Å². The molecule has 2 aromatic rings. The molecule has 0 bridgehead atoms. The molecule has 126 valence electrons. The number of benzene rings is 1. The molecule has 0 radical (unpaired) electrons. The van der Waals surface area contributed by atoms with Crippen LogP contribution in [-0.2, 0) is 22.1 Å². The van der Waals surface area contributed by atoms with E-state index in [1.165, 1.54) is 0 Å². The van der Waals surface area contributed by atoms with E-state index in [0.717, 1.165) is 5.56 Å². The van der Waals surface area contributed by atoms with Gasteiger partial charge in [0.1, 0.15) is 5.69 Å². The fourth-order valence-electron chi connectivity index (χ4n) is 3.31. The lowest BCUT2D eigenvalue weighted by molar-refractivity contribution is -0.157. The third-order valence-electron chi connectivity index (χ3n) is 4.31. The van der Waals surface area contributed by atoms with Crippen molar-refractivity contribution in [2.45, 2.75) is 24.8 Å². The molecule has 0 saturated carbocycles. The van der Waals surface area contributed by atoms with Gasteiger partial charge >= 0.3 is 6.18 Å². The van der Waals surface area contributed by atoms with E-state index in [9.17, 15) is 13.2 Å². The lowest BCUT2D eigenvalue weighted by Gasteiger charge is -2.32. The van der Waals surface area contributed by atoms with Gasteiger partial charge in [-0.1, -0.05) is 30.3 Å². The maximum Gasteiger partial charge on any atom is 0.433 e. The molecule has 1 aromatic carbocycles. The second-order valence-corrected chi connectivity index (χ2v) is 5.96. The lowest BCUT2D eigenvalue weighted by atomic mass is 9.85. The Balaban J connectivity index is 1.83. The number of H-pyrrole nitrogens is 1. The molecule has 1 fully saturated rings. The normalized spacial score (nSPS) is 21.4. The summed E-state index contributed by atoms with van der Waals surface area (Å²) in [6, 6.07) is 9.42. The number of alkyl halides is 3. The molecule has 2 aliphatic rings. The zero-order chi connectivity index (χ0) is 16.8. The van der Waals surface area contributed by atoms with Gasteiger partial charge in [0.2, 0.25) is 0 Å². The average Bonchev–Trinajstić information content (AvgIpc) is 3.15. The Morgan fingerprint density at radius 2 is 1.79 bits per heavy atom. The molecule has 7 heteroatoms. The summed E-state index contributed by atoms with van der Waals surface area (Å²) in [5, 5.41) is 6.08. The van der Waals surface area contributed by atoms with E-state index in [2.05, 4.69) is 10.2 Å². The average molecular weight is 336 g/mol. The van der Waals surface area contributed by atoms with Crippen LogP contribution in [0.25, 0.3) is 11.6 Å². The van der Waals surface area contributed by atoms with Gasteiger partial charge in [-0.05, 0) is 17.2 Å². The monoisotopic (exact) mass is 336 g/mol. The van der Waals surface area contributed by atoms with Crippen molar-refractivity contribution >= 4 is 11.6 Å². The number of nitrogens with zero attached hydrogens (tertiary/aromatic N) is 1. The van der Waals surface area contributed by atoms with Crippen LogP contribution in [0.4, 0.5) is 13.2 Å². The molecule has 1 aromatic heterocycles. The summed E-state index contributed by atoms with van der Waals surface area (Å²) in [6.07, 6.45) is -2.24. The van der Waals surface area contributed by atoms with E-state index >= 15 is 0 Å². The largest absolute Gasteiger partial charge is 0.433 e. The number of rotatable bonds is 1. The predicted molar refractivity (Wildman–Crippen MR) is 80.9 cm³/mol. The summed E-state index contributed by atoms with van der Waals surface area (Å²) in [5.41, 5.74) is 1.20. The zero-order valence-electron chi connectivity index (χ0n) is 12.7. The number of halogens is 3. The molecule has 0 atom stereocenters. The van der Waals surface area contributed by atoms with Crippen LogP contribution in [0.3, 0.4) is 0 Å². The van der Waals surface area contributed by atoms with Crippen LogP contribution in [-0.4, -0.2) is 29.2 Å². The van der Waals surface area contributed by atoms with Crippen molar-refractivity contribution in [3.63, 3.8) is 0 Å². The van der Waals surface area contributed by atoms with Gasteiger partial charge in [0.25, 0.3) is 0 Å². The van der Waals surface area contributed by atoms with Crippen molar-refractivity contribution in [3.05, 3.63) is 52.8 Å². The topological polar surface area (TPSA) is 47.1 Å². The minimum Gasteiger partial charge on any atom is -0.347 e. The highest BCUT2D eigenvalue weighted by Gasteiger charge is 2.47. The van der Waals surface area contributed by atoms with E-state index in [0.29, 0.717) is 30.9 Å². The van der Waals surface area contributed by atoms with E-state index in [4.69, 9.17) is 9.47 Å². The van der Waals surface area contributed by atoms with Gasteiger partial charge in [0.05, 0.1) is 18.9 Å². The second kappa shape index (κ2) is 5.46. The van der Waals surface area contributed by atoms with Crippen molar-refractivity contribution in [2.24, 2.45) is 0 Å². The molecular formula is C17H15F3N2O2. The maximum atomic E-state index is 13.3. The van der Waals surface area contributed by atoms with Gasteiger partial charge in [-0.25, -0.2) is 0 Å². The molecule has 0 amide bonds. The summed E-state index contributed by atoms with van der Waals surface area (Å²) < 4.78 is 51.1. The van der Waals surface area contributed by atoms with Crippen LogP contribution in [0.2, 0.25) is 0 Å². The Morgan fingerprint density at radius 1 is 1.08 bits per heavy atom. The first-order valence-electron chi connectivity index (χ1n) is 7.65. The van der Waals surface area contributed by atoms with Gasteiger partial charge < -0.3 is 9.47 Å². The number of hydrogen-bond donors (Lipinski definition) is 1. The molecule has 2 heterocycles. The minimum atomic E-state index is -4.49. The van der Waals surface area contributed by atoms with Gasteiger partial charge in [-0.2, -0.15) is 18.3 Å². The van der Waals surface area contributed by atoms with Crippen molar-refractivity contribution in [1.29, 1.82) is 0 Å². The highest BCUT2D eigenvalue weighted by Crippen LogP contribution is 2.45. The van der Waals surface area contributed by atoms with Crippen molar-refractivity contribution in [1.82, 2.24) is 10.2 Å². The summed E-state index contributed by atoms with van der Waals surface area (Å²) in [4.78, 5) is 0. The van der Waals surface area contributed by atoms with Crippen LogP contribution < -0.4 is 0 Å². The standard InChI is InChI=1S/C17H15F3N2O2/c18-17(19,20)15-13-10-16(23-6-7-24-16)9-12(14(13)21-22-15)8-11-4-2-1-3-5-11/h1-5,8H,6-7,9-10H2,(H,21,22)/b12-8+. The third kappa shape index (κ3) is 2.63. The number of aromatic amines is 1. The molecule has 1 N–H and O–H groups in total. The van der Waals surface area contributed by atoms with Crippen molar-refractivity contribution < 1.29 is 22.6 Å². The van der Waals surface area contributed by atoms with Gasteiger partial charge in [-0.15, -0.1) is 0 Å². The molecule has 4 nitrogen and oxygen atoms in total. The summed E-state index contributed by atoms with van der Waals surface area (Å²) in [6.45, 7) is 0.764. The molecule has 24 heavy (non-hydrogen) atoms. The van der Waals surface area contributed by atoms with Gasteiger partial charge in [-0.3, -0.25) is 5.10 Å². The van der Waals surface area contributed by atoms with Crippen LogP contribution in [0.5, 0.6) is 0 Å². The van der Waals surface area contributed by atoms with E-state index in [1.807, 2.05) is 36.4 Å². The van der Waals surface area contributed by atoms with Crippen molar-refractivity contribution in [2.75, 3.05) is 13.2 Å². The first-order valence-corrected chi connectivity index (χ1v) is 7.65. The van der Waals surface area contributed by atoms with Gasteiger partial charge in [0, 0.05) is 18.4 Å². The first-order chi connectivity index (χ1) is 11.5. The van der Waals surface area contributed by atoms with Crippen LogP contribution >= 0.6 is 0 Å². The molecule has 1 saturated heterocycles. The van der Waals surface area contributed by atoms with Crippen LogP contribution in [0.15, 0.2) is 30.3 Å². The predicted octanol–water partition coefficient (Wildman–Crippen LogP) is 3.66. The zero-order valence-corrected chi connectivity index (χ0v) is 12.7. The maximum absolute atomic E-state index is 13.3. The highest BCUT2D eigenvalue weighted by molar-refractivity contribution is 5.83. The van der Waals surface area contributed by atoms with E-state index in [-0.39, 0.29) is 12.0 Å². The van der Waals surface area contributed by atoms with Crippen LogP contribution in [0.1, 0.15) is 28.9 Å². The fraction of sp³-hybridized carbons (Fsp3) is 0.353. The summed E-state index contributed by atoms with van der Waals surface area (Å²) in [7, 11) is 0. The van der Waals surface area contributed by atoms with Crippen molar-refractivity contribution in [3.8, 4) is 0 Å². The number of ether oxygens (including phenoxy) is 2. The third-order valence-corrected chi connectivity index (χ3v) is 4.31. The second-order valence-electron chi connectivity index (χ2n) is 5.96. The Bertz CT molecular complexity index is 775. The minimum absolute atomic E-state index is 0.0415. The Labute approximate surface area is 136 Å². The molecule has 1 aliphatic heterocycles. The summed E-state index contributed by atoms with van der Waals surface area (Å²) >= 11 is 0. The fourth-order valence-corrected chi connectivity index (χ4v) is 3.31. The summed E-state index contributed by atoms with van der Waals surface area (Å²) in [5.74, 6) is -1.03. The molecule has 0 unspecified atom stereocenters. The molecule has 1 aliphatic carbocycles. The highest BCUT2D eigenvalue weighted by atomic mass is 19.4. The molecular weight excluding hydrogens is 321 g/mol. The number of hydrogen-bond acceptors (Lipinski definition) is 3. The van der Waals surface area contributed by atoms with E-state index in [1.54, 1.807) is 0 Å². The number of nitrogens with one attached hydrogen (secondary N) is 1. The smallest absolute Gasteiger partial charge is 0.347 e. The van der Waals surface area contributed by atoms with Gasteiger partial charge in [0.15, 0.2) is 5.79 Å². The first kappa shape index (κ1) is 15.4. The molecule has 4 rings (SSSR count). The Kier molecular flexibility index (Phi) is 3.51. The molecule has 1 spiro atoms. The number of aromatic nitrogens is 2. The van der Waals surface area contributed by atoms with Crippen LogP contribution in [0, 0.1) is 0 Å².